The molecule has 0 bridgehead atoms. The highest BCUT2D eigenvalue weighted by molar-refractivity contribution is 5.89. The van der Waals surface area contributed by atoms with Crippen LogP contribution in [0.5, 0.6) is 0 Å². The summed E-state index contributed by atoms with van der Waals surface area (Å²) in [6.07, 6.45) is 8.26. The van der Waals surface area contributed by atoms with Crippen LogP contribution in [0.3, 0.4) is 0 Å². The van der Waals surface area contributed by atoms with Gasteiger partial charge in [0.05, 0.1) is 19.3 Å². The first kappa shape index (κ1) is 21.0. The van der Waals surface area contributed by atoms with Crippen molar-refractivity contribution < 1.29 is 14.3 Å². The number of benzene rings is 1. The molecule has 1 aliphatic rings. The predicted octanol–water partition coefficient (Wildman–Crippen LogP) is 3.07. The van der Waals surface area contributed by atoms with E-state index in [-0.39, 0.29) is 12.1 Å². The number of nitrogens with one attached hydrogen (secondary N) is 2. The Labute approximate surface area is 180 Å². The van der Waals surface area contributed by atoms with E-state index in [2.05, 4.69) is 25.7 Å². The van der Waals surface area contributed by atoms with Gasteiger partial charge < -0.3 is 20.1 Å². The van der Waals surface area contributed by atoms with Crippen molar-refractivity contribution in [1.82, 2.24) is 25.1 Å². The summed E-state index contributed by atoms with van der Waals surface area (Å²) < 4.78 is 13.0. The summed E-state index contributed by atoms with van der Waals surface area (Å²) in [5.74, 6) is 0.626. The van der Waals surface area contributed by atoms with E-state index in [1.807, 2.05) is 36.4 Å². The number of amides is 2. The molecule has 1 aromatic carbocycles. The predicted molar refractivity (Wildman–Crippen MR) is 115 cm³/mol. The Morgan fingerprint density at radius 1 is 1.26 bits per heavy atom. The molecule has 0 aliphatic carbocycles. The molecule has 2 amide bonds. The van der Waals surface area contributed by atoms with Crippen molar-refractivity contribution >= 4 is 11.7 Å². The van der Waals surface area contributed by atoms with E-state index in [0.717, 1.165) is 30.6 Å². The molecule has 0 unspecified atom stereocenters. The Balaban J connectivity index is 1.27. The molecule has 0 spiro atoms. The molecule has 31 heavy (non-hydrogen) atoms. The Kier molecular flexibility index (Phi) is 7.20. The fraction of sp³-hybridized carbons (Fsp3) is 0.364. The second-order valence-electron chi connectivity index (χ2n) is 7.34. The molecule has 1 fully saturated rings. The minimum absolute atomic E-state index is 0.190. The minimum Gasteiger partial charge on any atom is -0.376 e. The van der Waals surface area contributed by atoms with Crippen LogP contribution in [0.2, 0.25) is 0 Å². The fourth-order valence-corrected chi connectivity index (χ4v) is 3.43. The zero-order valence-corrected chi connectivity index (χ0v) is 17.2. The van der Waals surface area contributed by atoms with Crippen molar-refractivity contribution in [2.24, 2.45) is 0 Å². The molecular weight excluding hydrogens is 396 g/mol. The quantitative estimate of drug-likeness (QED) is 0.578. The third-order valence-corrected chi connectivity index (χ3v) is 4.97. The minimum atomic E-state index is -0.304. The van der Waals surface area contributed by atoms with Crippen molar-refractivity contribution in [1.29, 1.82) is 0 Å². The van der Waals surface area contributed by atoms with E-state index in [9.17, 15) is 4.79 Å². The first-order valence-electron chi connectivity index (χ1n) is 10.4. The van der Waals surface area contributed by atoms with Crippen LogP contribution in [-0.2, 0) is 22.6 Å². The van der Waals surface area contributed by atoms with Crippen LogP contribution in [0.4, 0.5) is 10.5 Å². The van der Waals surface area contributed by atoms with Crippen LogP contribution >= 0.6 is 0 Å². The Morgan fingerprint density at radius 2 is 2.23 bits per heavy atom. The van der Waals surface area contributed by atoms with E-state index in [1.165, 1.54) is 12.7 Å². The standard InChI is InChI=1S/C22H26N6O3/c29-22(25-12-18-6-4-9-24-21(18)28-16-23-15-26-28)27-19-7-3-5-17(11-19)13-30-14-20-8-1-2-10-31-20/h3-7,9,11,15-16,20H,1-2,8,10,12-14H2,(H2,25,27,29)/t20-/m1/s1. The van der Waals surface area contributed by atoms with E-state index in [1.54, 1.807) is 17.2 Å². The second-order valence-corrected chi connectivity index (χ2v) is 7.34. The summed E-state index contributed by atoms with van der Waals surface area (Å²) in [7, 11) is 0. The largest absolute Gasteiger partial charge is 0.376 e. The Bertz CT molecular complexity index is 973. The smallest absolute Gasteiger partial charge is 0.319 e. The highest BCUT2D eigenvalue weighted by atomic mass is 16.5. The highest BCUT2D eigenvalue weighted by Gasteiger charge is 2.14. The average Bonchev–Trinajstić information content (AvgIpc) is 3.34. The maximum absolute atomic E-state index is 12.4. The van der Waals surface area contributed by atoms with Gasteiger partial charge in [0.25, 0.3) is 0 Å². The van der Waals surface area contributed by atoms with Crippen LogP contribution in [0.15, 0.2) is 55.2 Å². The number of hydrogen-bond donors (Lipinski definition) is 2. The van der Waals surface area contributed by atoms with Crippen molar-refractivity contribution in [2.75, 3.05) is 18.5 Å². The van der Waals surface area contributed by atoms with Gasteiger partial charge in [-0.3, -0.25) is 0 Å². The summed E-state index contributed by atoms with van der Waals surface area (Å²) >= 11 is 0. The third-order valence-electron chi connectivity index (χ3n) is 4.97. The Hall–Kier alpha value is -3.30. The van der Waals surface area contributed by atoms with Crippen molar-refractivity contribution in [3.05, 3.63) is 66.4 Å². The van der Waals surface area contributed by atoms with Crippen molar-refractivity contribution in [3.8, 4) is 5.82 Å². The number of nitrogens with zero attached hydrogens (tertiary/aromatic N) is 4. The molecule has 2 N–H and O–H groups in total. The molecule has 0 saturated carbocycles. The van der Waals surface area contributed by atoms with Gasteiger partial charge in [0.1, 0.15) is 12.7 Å². The van der Waals surface area contributed by atoms with E-state index >= 15 is 0 Å². The first-order valence-corrected chi connectivity index (χ1v) is 10.4. The van der Waals surface area contributed by atoms with Crippen molar-refractivity contribution in [3.63, 3.8) is 0 Å². The molecule has 1 aliphatic heterocycles. The summed E-state index contributed by atoms with van der Waals surface area (Å²) in [5.41, 5.74) is 2.53. The number of anilines is 1. The molecule has 3 heterocycles. The fourth-order valence-electron chi connectivity index (χ4n) is 3.43. The molecule has 9 heteroatoms. The summed E-state index contributed by atoms with van der Waals surface area (Å²) in [6.45, 7) is 2.20. The molecule has 1 atom stereocenters. The number of aromatic nitrogens is 4. The lowest BCUT2D eigenvalue weighted by atomic mass is 10.1. The number of hydrogen-bond acceptors (Lipinski definition) is 6. The molecule has 2 aromatic heterocycles. The molecule has 1 saturated heterocycles. The van der Waals surface area contributed by atoms with Crippen LogP contribution in [0.25, 0.3) is 5.82 Å². The maximum atomic E-state index is 12.4. The zero-order valence-electron chi connectivity index (χ0n) is 17.2. The van der Waals surface area contributed by atoms with E-state index in [4.69, 9.17) is 9.47 Å². The number of carbonyl (C=O) groups is 1. The van der Waals surface area contributed by atoms with Gasteiger partial charge in [-0.05, 0) is 43.0 Å². The SMILES string of the molecule is O=C(NCc1cccnc1-n1cncn1)Nc1cccc(COC[C@H]2CCCCO2)c1. The van der Waals surface area contributed by atoms with Crippen LogP contribution in [0, 0.1) is 0 Å². The lowest BCUT2D eigenvalue weighted by Crippen LogP contribution is -2.28. The lowest BCUT2D eigenvalue weighted by Gasteiger charge is -2.22. The van der Waals surface area contributed by atoms with Gasteiger partial charge in [0, 0.05) is 30.6 Å². The lowest BCUT2D eigenvalue weighted by molar-refractivity contribution is -0.0447. The summed E-state index contributed by atoms with van der Waals surface area (Å²) in [4.78, 5) is 20.7. The molecule has 3 aromatic rings. The normalized spacial score (nSPS) is 16.1. The number of ether oxygens (including phenoxy) is 2. The third kappa shape index (κ3) is 6.09. The number of carbonyl (C=O) groups excluding carboxylic acids is 1. The van der Waals surface area contributed by atoms with Crippen LogP contribution in [0.1, 0.15) is 30.4 Å². The van der Waals surface area contributed by atoms with Gasteiger partial charge >= 0.3 is 6.03 Å². The van der Waals surface area contributed by atoms with E-state index < -0.39 is 0 Å². The second kappa shape index (κ2) is 10.6. The molecule has 162 valence electrons. The van der Waals surface area contributed by atoms with Gasteiger partial charge in [-0.2, -0.15) is 5.10 Å². The Morgan fingerprint density at radius 3 is 3.06 bits per heavy atom. The number of urea groups is 1. The average molecular weight is 422 g/mol. The van der Waals surface area contributed by atoms with Crippen LogP contribution in [-0.4, -0.2) is 45.1 Å². The topological polar surface area (TPSA) is 103 Å². The van der Waals surface area contributed by atoms with E-state index in [0.29, 0.717) is 31.3 Å². The van der Waals surface area contributed by atoms with Gasteiger partial charge in [0.15, 0.2) is 5.82 Å². The summed E-state index contributed by atoms with van der Waals surface area (Å²) in [6, 6.07) is 11.0. The monoisotopic (exact) mass is 422 g/mol. The molecular formula is C22H26N6O3. The first-order chi connectivity index (χ1) is 15.3. The number of rotatable bonds is 8. The molecule has 9 nitrogen and oxygen atoms in total. The van der Waals surface area contributed by atoms with Crippen molar-refractivity contribution in [2.45, 2.75) is 38.5 Å². The molecule has 0 radical (unpaired) electrons. The molecule has 4 rings (SSSR count). The summed E-state index contributed by atoms with van der Waals surface area (Å²) in [5, 5.41) is 9.82. The van der Waals surface area contributed by atoms with Gasteiger partial charge in [0.2, 0.25) is 0 Å². The zero-order chi connectivity index (χ0) is 21.3. The van der Waals surface area contributed by atoms with Gasteiger partial charge in [-0.1, -0.05) is 18.2 Å². The van der Waals surface area contributed by atoms with Crippen LogP contribution < -0.4 is 10.6 Å². The van der Waals surface area contributed by atoms with Gasteiger partial charge in [-0.15, -0.1) is 0 Å². The maximum Gasteiger partial charge on any atom is 0.319 e. The number of pyridine rings is 1. The highest BCUT2D eigenvalue weighted by Crippen LogP contribution is 2.15. The van der Waals surface area contributed by atoms with Gasteiger partial charge in [-0.25, -0.2) is 19.4 Å².